The summed E-state index contributed by atoms with van der Waals surface area (Å²) >= 11 is 1.53. The molecule has 1 N–H and O–H groups in total. The van der Waals surface area contributed by atoms with E-state index in [-0.39, 0.29) is 12.5 Å². The molecule has 0 aliphatic heterocycles. The van der Waals surface area contributed by atoms with E-state index >= 15 is 0 Å². The Hall–Kier alpha value is -1.86. The molecule has 2 aromatic rings. The Kier molecular flexibility index (Phi) is 2.66. The molecule has 1 amide bonds. The lowest BCUT2D eigenvalue weighted by Crippen LogP contribution is -2.23. The van der Waals surface area contributed by atoms with Gasteiger partial charge in [-0.25, -0.2) is 0 Å². The number of thiophene rings is 1. The van der Waals surface area contributed by atoms with Crippen LogP contribution in [0.3, 0.4) is 0 Å². The predicted molar refractivity (Wildman–Crippen MR) is 59.8 cm³/mol. The summed E-state index contributed by atoms with van der Waals surface area (Å²) in [5.41, 5.74) is 0.644. The van der Waals surface area contributed by atoms with E-state index in [1.54, 1.807) is 0 Å². The predicted octanol–water partition coefficient (Wildman–Crippen LogP) is 2.15. The van der Waals surface area contributed by atoms with Crippen LogP contribution in [0.25, 0.3) is 10.1 Å². The van der Waals surface area contributed by atoms with Gasteiger partial charge in [-0.15, -0.1) is 11.3 Å². The van der Waals surface area contributed by atoms with Gasteiger partial charge in [-0.1, -0.05) is 18.2 Å². The molecule has 0 atom stereocenters. The number of amides is 1. The molecule has 0 aliphatic carbocycles. The molecule has 74 valence electrons. The average molecular weight is 216 g/mol. The number of benzene rings is 1. The van der Waals surface area contributed by atoms with Crippen molar-refractivity contribution in [1.82, 2.24) is 5.32 Å². The van der Waals surface area contributed by atoms with E-state index in [2.05, 4.69) is 5.32 Å². The topological polar surface area (TPSA) is 52.9 Å². The van der Waals surface area contributed by atoms with E-state index in [4.69, 9.17) is 5.26 Å². The summed E-state index contributed by atoms with van der Waals surface area (Å²) in [5, 5.41) is 13.7. The zero-order valence-electron chi connectivity index (χ0n) is 7.86. The van der Waals surface area contributed by atoms with Gasteiger partial charge >= 0.3 is 0 Å². The van der Waals surface area contributed by atoms with Crippen LogP contribution in [0.15, 0.2) is 29.6 Å². The standard InChI is InChI=1S/C11H8N2OS/c12-5-6-13-11(14)9-7-15-10-4-2-1-3-8(9)10/h1-4,7H,6H2,(H,13,14). The summed E-state index contributed by atoms with van der Waals surface area (Å²) in [6.07, 6.45) is 0. The monoisotopic (exact) mass is 216 g/mol. The molecular formula is C11H8N2OS. The van der Waals surface area contributed by atoms with Crippen molar-refractivity contribution in [3.8, 4) is 6.07 Å². The first-order valence-electron chi connectivity index (χ1n) is 4.44. The Morgan fingerprint density at radius 1 is 1.47 bits per heavy atom. The molecule has 0 saturated heterocycles. The first-order valence-corrected chi connectivity index (χ1v) is 5.32. The largest absolute Gasteiger partial charge is 0.339 e. The van der Waals surface area contributed by atoms with Gasteiger partial charge in [-0.3, -0.25) is 4.79 Å². The molecule has 0 bridgehead atoms. The molecule has 1 heterocycles. The molecule has 0 aliphatic rings. The molecular weight excluding hydrogens is 208 g/mol. The SMILES string of the molecule is N#CCNC(=O)c1csc2ccccc12. The average Bonchev–Trinajstić information content (AvgIpc) is 2.69. The third kappa shape index (κ3) is 1.83. The first-order chi connectivity index (χ1) is 7.33. The van der Waals surface area contributed by atoms with Crippen molar-refractivity contribution in [2.45, 2.75) is 0 Å². The molecule has 2 rings (SSSR count). The van der Waals surface area contributed by atoms with Crippen LogP contribution < -0.4 is 5.32 Å². The van der Waals surface area contributed by atoms with E-state index in [1.807, 2.05) is 35.7 Å². The molecule has 0 spiro atoms. The third-order valence-corrected chi connectivity index (χ3v) is 3.02. The lowest BCUT2D eigenvalue weighted by atomic mass is 10.2. The number of rotatable bonds is 2. The van der Waals surface area contributed by atoms with E-state index in [9.17, 15) is 4.79 Å². The molecule has 0 saturated carbocycles. The molecule has 4 heteroatoms. The smallest absolute Gasteiger partial charge is 0.253 e. The normalized spacial score (nSPS) is 9.80. The number of hydrogen-bond acceptors (Lipinski definition) is 3. The van der Waals surface area contributed by atoms with Crippen LogP contribution in [0.1, 0.15) is 10.4 Å². The fraction of sp³-hybridized carbons (Fsp3) is 0.0909. The maximum atomic E-state index is 11.6. The zero-order chi connectivity index (χ0) is 10.7. The Morgan fingerprint density at radius 2 is 2.27 bits per heavy atom. The fourth-order valence-electron chi connectivity index (χ4n) is 1.37. The summed E-state index contributed by atoms with van der Waals surface area (Å²) in [5.74, 6) is -0.186. The number of fused-ring (bicyclic) bond motifs is 1. The highest BCUT2D eigenvalue weighted by molar-refractivity contribution is 7.17. The molecule has 0 radical (unpaired) electrons. The Labute approximate surface area is 91.0 Å². The van der Waals surface area contributed by atoms with E-state index in [1.165, 1.54) is 11.3 Å². The lowest BCUT2D eigenvalue weighted by Gasteiger charge is -1.98. The Morgan fingerprint density at radius 3 is 3.07 bits per heavy atom. The Bertz CT molecular complexity index is 539. The van der Waals surface area contributed by atoms with Crippen molar-refractivity contribution in [3.63, 3.8) is 0 Å². The second-order valence-electron chi connectivity index (χ2n) is 2.99. The van der Waals surface area contributed by atoms with Gasteiger partial charge in [-0.05, 0) is 6.07 Å². The van der Waals surface area contributed by atoms with Gasteiger partial charge in [-0.2, -0.15) is 5.26 Å². The second-order valence-corrected chi connectivity index (χ2v) is 3.90. The Balaban J connectivity index is 2.36. The van der Waals surface area contributed by atoms with Crippen LogP contribution in [0.2, 0.25) is 0 Å². The van der Waals surface area contributed by atoms with Crippen molar-refractivity contribution >= 4 is 27.3 Å². The van der Waals surface area contributed by atoms with Crippen LogP contribution in [0, 0.1) is 11.3 Å². The number of nitrogens with zero attached hydrogens (tertiary/aromatic N) is 1. The van der Waals surface area contributed by atoms with Gasteiger partial charge in [0.05, 0.1) is 11.6 Å². The molecule has 0 fully saturated rings. The fourth-order valence-corrected chi connectivity index (χ4v) is 2.31. The quantitative estimate of drug-likeness (QED) is 0.782. The van der Waals surface area contributed by atoms with Crippen molar-refractivity contribution < 1.29 is 4.79 Å². The van der Waals surface area contributed by atoms with Crippen molar-refractivity contribution in [3.05, 3.63) is 35.2 Å². The summed E-state index contributed by atoms with van der Waals surface area (Å²) in [7, 11) is 0. The minimum Gasteiger partial charge on any atom is -0.339 e. The first kappa shape index (κ1) is 9.69. The van der Waals surface area contributed by atoms with Gasteiger partial charge in [0.15, 0.2) is 0 Å². The zero-order valence-corrected chi connectivity index (χ0v) is 8.67. The van der Waals surface area contributed by atoms with Crippen LogP contribution in [-0.2, 0) is 0 Å². The van der Waals surface area contributed by atoms with E-state index in [0.717, 1.165) is 10.1 Å². The third-order valence-electron chi connectivity index (χ3n) is 2.05. The van der Waals surface area contributed by atoms with Crippen LogP contribution in [0.5, 0.6) is 0 Å². The molecule has 1 aromatic heterocycles. The van der Waals surface area contributed by atoms with E-state index < -0.39 is 0 Å². The molecule has 15 heavy (non-hydrogen) atoms. The maximum absolute atomic E-state index is 11.6. The molecule has 3 nitrogen and oxygen atoms in total. The van der Waals surface area contributed by atoms with Crippen molar-refractivity contribution in [1.29, 1.82) is 5.26 Å². The van der Waals surface area contributed by atoms with E-state index in [0.29, 0.717) is 5.56 Å². The van der Waals surface area contributed by atoms with Gasteiger partial charge in [0.2, 0.25) is 0 Å². The number of carbonyl (C=O) groups excluding carboxylic acids is 1. The number of hydrogen-bond donors (Lipinski definition) is 1. The maximum Gasteiger partial charge on any atom is 0.253 e. The van der Waals surface area contributed by atoms with Crippen LogP contribution in [0.4, 0.5) is 0 Å². The number of carbonyl (C=O) groups is 1. The van der Waals surface area contributed by atoms with Gasteiger partial charge in [0.25, 0.3) is 5.91 Å². The van der Waals surface area contributed by atoms with Gasteiger partial charge in [0, 0.05) is 15.5 Å². The highest BCUT2D eigenvalue weighted by Gasteiger charge is 2.10. The molecule has 0 unspecified atom stereocenters. The second kappa shape index (κ2) is 4.11. The lowest BCUT2D eigenvalue weighted by molar-refractivity contribution is 0.0960. The highest BCUT2D eigenvalue weighted by atomic mass is 32.1. The summed E-state index contributed by atoms with van der Waals surface area (Å²) < 4.78 is 1.08. The van der Waals surface area contributed by atoms with Gasteiger partial charge in [0.1, 0.15) is 6.54 Å². The number of nitriles is 1. The number of nitrogens with one attached hydrogen (secondary N) is 1. The van der Waals surface area contributed by atoms with Crippen LogP contribution in [-0.4, -0.2) is 12.5 Å². The minimum absolute atomic E-state index is 0.0446. The molecule has 1 aromatic carbocycles. The van der Waals surface area contributed by atoms with Crippen molar-refractivity contribution in [2.24, 2.45) is 0 Å². The summed E-state index contributed by atoms with van der Waals surface area (Å²) in [6, 6.07) is 9.60. The minimum atomic E-state index is -0.186. The van der Waals surface area contributed by atoms with Crippen molar-refractivity contribution in [2.75, 3.05) is 6.54 Å². The van der Waals surface area contributed by atoms with Crippen LogP contribution >= 0.6 is 11.3 Å². The van der Waals surface area contributed by atoms with Gasteiger partial charge < -0.3 is 5.32 Å². The summed E-state index contributed by atoms with van der Waals surface area (Å²) in [6.45, 7) is 0.0446. The summed E-state index contributed by atoms with van der Waals surface area (Å²) in [4.78, 5) is 11.6. The highest BCUT2D eigenvalue weighted by Crippen LogP contribution is 2.25.